The highest BCUT2D eigenvalue weighted by molar-refractivity contribution is 5.95. The fraction of sp³-hybridized carbons (Fsp3) is 0.321. The highest BCUT2D eigenvalue weighted by Crippen LogP contribution is 2.43. The summed E-state index contributed by atoms with van der Waals surface area (Å²) in [7, 11) is 0. The topological polar surface area (TPSA) is 82.2 Å². The molecule has 1 aliphatic heterocycles. The molecule has 35 heavy (non-hydrogen) atoms. The van der Waals surface area contributed by atoms with Gasteiger partial charge in [0.1, 0.15) is 23.7 Å². The molecule has 0 unspecified atom stereocenters. The quantitative estimate of drug-likeness (QED) is 0.344. The summed E-state index contributed by atoms with van der Waals surface area (Å²) >= 11 is 0. The number of ether oxygens (including phenoxy) is 3. The van der Waals surface area contributed by atoms with Crippen LogP contribution in [0.4, 0.5) is 0 Å². The van der Waals surface area contributed by atoms with Gasteiger partial charge in [-0.15, -0.1) is 0 Å². The number of nitriles is 1. The molecular weight excluding hydrogens is 440 g/mol. The highest BCUT2D eigenvalue weighted by Gasteiger charge is 2.28. The van der Waals surface area contributed by atoms with Crippen LogP contribution in [0.3, 0.4) is 0 Å². The van der Waals surface area contributed by atoms with Gasteiger partial charge in [0.15, 0.2) is 0 Å². The molecule has 2 aliphatic rings. The van der Waals surface area contributed by atoms with Crippen LogP contribution in [0.5, 0.6) is 17.5 Å². The Morgan fingerprint density at radius 3 is 2.37 bits per heavy atom. The zero-order valence-electron chi connectivity index (χ0n) is 19.4. The summed E-state index contributed by atoms with van der Waals surface area (Å²) < 4.78 is 19.9. The van der Waals surface area contributed by atoms with E-state index < -0.39 is 0 Å². The summed E-state index contributed by atoms with van der Waals surface area (Å²) in [6, 6.07) is 18.8. The van der Waals surface area contributed by atoms with Crippen molar-refractivity contribution >= 4 is 10.9 Å². The van der Waals surface area contributed by atoms with Gasteiger partial charge in [-0.25, -0.2) is 9.97 Å². The molecule has 7 heteroatoms. The molecule has 0 atom stereocenters. The van der Waals surface area contributed by atoms with E-state index in [1.807, 2.05) is 36.4 Å². The number of aromatic nitrogens is 3. The Morgan fingerprint density at radius 1 is 0.943 bits per heavy atom. The van der Waals surface area contributed by atoms with Crippen molar-refractivity contribution in [3.63, 3.8) is 0 Å². The van der Waals surface area contributed by atoms with Crippen LogP contribution in [0.2, 0.25) is 0 Å². The van der Waals surface area contributed by atoms with Gasteiger partial charge in [-0.3, -0.25) is 0 Å². The molecule has 1 saturated heterocycles. The Bertz CT molecular complexity index is 1370. The van der Waals surface area contributed by atoms with E-state index in [4.69, 9.17) is 14.2 Å². The lowest BCUT2D eigenvalue weighted by molar-refractivity contribution is 0.0256. The van der Waals surface area contributed by atoms with Crippen molar-refractivity contribution in [2.45, 2.75) is 44.2 Å². The molecule has 2 aromatic carbocycles. The van der Waals surface area contributed by atoms with Gasteiger partial charge in [-0.2, -0.15) is 5.26 Å². The van der Waals surface area contributed by atoms with Gasteiger partial charge in [-0.05, 0) is 67.3 Å². The van der Waals surface area contributed by atoms with E-state index in [1.54, 1.807) is 18.5 Å². The molecular formula is C28H26N4O3. The third-order valence-electron chi connectivity index (χ3n) is 6.88. The van der Waals surface area contributed by atoms with E-state index in [0.29, 0.717) is 23.4 Å². The molecule has 2 fully saturated rings. The van der Waals surface area contributed by atoms with Crippen molar-refractivity contribution in [3.05, 3.63) is 66.5 Å². The molecule has 2 aromatic heterocycles. The Hall–Kier alpha value is -3.89. The van der Waals surface area contributed by atoms with Gasteiger partial charge >= 0.3 is 6.01 Å². The van der Waals surface area contributed by atoms with Crippen LogP contribution in [0.15, 0.2) is 60.9 Å². The maximum atomic E-state index is 10.2. The van der Waals surface area contributed by atoms with E-state index >= 15 is 0 Å². The zero-order chi connectivity index (χ0) is 23.6. The van der Waals surface area contributed by atoms with Gasteiger partial charge < -0.3 is 18.8 Å². The lowest BCUT2D eigenvalue weighted by Gasteiger charge is -2.30. The summed E-state index contributed by atoms with van der Waals surface area (Å²) in [5, 5.41) is 11.2. The summed E-state index contributed by atoms with van der Waals surface area (Å²) in [5.74, 6) is 1.50. The molecule has 0 spiro atoms. The van der Waals surface area contributed by atoms with Crippen molar-refractivity contribution in [2.24, 2.45) is 0 Å². The van der Waals surface area contributed by atoms with Gasteiger partial charge in [0, 0.05) is 42.7 Å². The first-order valence-corrected chi connectivity index (χ1v) is 12.2. The molecule has 6 rings (SSSR count). The number of hydrogen-bond acceptors (Lipinski definition) is 6. The van der Waals surface area contributed by atoms with Crippen molar-refractivity contribution in [1.82, 2.24) is 14.5 Å². The van der Waals surface area contributed by atoms with Crippen LogP contribution in [-0.2, 0) is 4.74 Å². The van der Waals surface area contributed by atoms with Crippen molar-refractivity contribution in [1.29, 1.82) is 5.26 Å². The van der Waals surface area contributed by atoms with E-state index in [1.165, 1.54) is 6.42 Å². The van der Waals surface area contributed by atoms with Crippen molar-refractivity contribution in [3.8, 4) is 34.8 Å². The average molecular weight is 467 g/mol. The molecule has 4 aromatic rings. The molecule has 0 radical (unpaired) electrons. The molecule has 0 amide bonds. The molecule has 1 saturated carbocycles. The third-order valence-corrected chi connectivity index (χ3v) is 6.88. The van der Waals surface area contributed by atoms with Crippen LogP contribution >= 0.6 is 0 Å². The summed E-state index contributed by atoms with van der Waals surface area (Å²) in [4.78, 5) is 8.23. The van der Waals surface area contributed by atoms with Gasteiger partial charge in [0.05, 0.1) is 30.0 Å². The monoisotopic (exact) mass is 466 g/mol. The number of fused-ring (bicyclic) bond motifs is 1. The molecule has 176 valence electrons. The van der Waals surface area contributed by atoms with Crippen LogP contribution in [0.25, 0.3) is 22.2 Å². The number of hydrogen-bond donors (Lipinski definition) is 0. The lowest BCUT2D eigenvalue weighted by atomic mass is 9.92. The van der Waals surface area contributed by atoms with Crippen LogP contribution in [-0.4, -0.2) is 33.9 Å². The largest absolute Gasteiger partial charge is 0.490 e. The minimum atomic E-state index is 0.171. The number of nitrogens with zero attached hydrogens (tertiary/aromatic N) is 4. The second kappa shape index (κ2) is 9.40. The van der Waals surface area contributed by atoms with Crippen LogP contribution < -0.4 is 9.47 Å². The summed E-state index contributed by atoms with van der Waals surface area (Å²) in [6.45, 7) is 1.48. The van der Waals surface area contributed by atoms with Gasteiger partial charge in [0.2, 0.25) is 0 Å². The summed E-state index contributed by atoms with van der Waals surface area (Å²) in [6.07, 6.45) is 8.69. The Kier molecular flexibility index (Phi) is 5.81. The van der Waals surface area contributed by atoms with E-state index in [0.717, 1.165) is 66.8 Å². The highest BCUT2D eigenvalue weighted by atomic mass is 16.5. The van der Waals surface area contributed by atoms with Crippen molar-refractivity contribution < 1.29 is 14.2 Å². The predicted molar refractivity (Wildman–Crippen MR) is 132 cm³/mol. The summed E-state index contributed by atoms with van der Waals surface area (Å²) in [5.41, 5.74) is 3.70. The molecule has 0 bridgehead atoms. The SMILES string of the molecule is N#Cc1c(-c2ccc(Oc3ncccn3)cc2)n(C2CCC2)c2cc(OC3CCOCC3)ccc12. The fourth-order valence-electron chi connectivity index (χ4n) is 4.90. The Balaban J connectivity index is 1.39. The standard InChI is InChI=1S/C28H26N4O3/c29-18-25-24-10-9-23(34-22-11-15-33-16-12-22)17-26(24)32(20-3-1-4-20)27(25)19-5-7-21(8-6-19)35-28-30-13-2-14-31-28/h2,5-10,13-14,17,20,22H,1,3-4,11-12,15-16H2. The molecule has 3 heterocycles. The first-order chi connectivity index (χ1) is 17.3. The normalized spacial score (nSPS) is 16.5. The lowest BCUT2D eigenvalue weighted by Crippen LogP contribution is -2.25. The first kappa shape index (κ1) is 21.6. The Labute approximate surface area is 203 Å². The van der Waals surface area contributed by atoms with E-state index in [9.17, 15) is 5.26 Å². The average Bonchev–Trinajstić information content (AvgIpc) is 3.18. The Morgan fingerprint density at radius 2 is 1.69 bits per heavy atom. The third kappa shape index (κ3) is 4.22. The van der Waals surface area contributed by atoms with Crippen LogP contribution in [0, 0.1) is 11.3 Å². The minimum Gasteiger partial charge on any atom is -0.490 e. The van der Waals surface area contributed by atoms with Crippen LogP contribution in [0.1, 0.15) is 43.7 Å². The minimum absolute atomic E-state index is 0.171. The molecule has 1 aliphatic carbocycles. The maximum absolute atomic E-state index is 10.2. The number of rotatable bonds is 6. The first-order valence-electron chi connectivity index (χ1n) is 12.2. The molecule has 7 nitrogen and oxygen atoms in total. The van der Waals surface area contributed by atoms with E-state index in [-0.39, 0.29) is 6.10 Å². The predicted octanol–water partition coefficient (Wildman–Crippen LogP) is 6.05. The smallest absolute Gasteiger partial charge is 0.321 e. The maximum Gasteiger partial charge on any atom is 0.321 e. The zero-order valence-corrected chi connectivity index (χ0v) is 19.4. The van der Waals surface area contributed by atoms with Gasteiger partial charge in [0.25, 0.3) is 0 Å². The van der Waals surface area contributed by atoms with Crippen molar-refractivity contribution in [2.75, 3.05) is 13.2 Å². The molecule has 0 N–H and O–H groups in total. The van der Waals surface area contributed by atoms with Gasteiger partial charge in [-0.1, -0.05) is 0 Å². The fourth-order valence-corrected chi connectivity index (χ4v) is 4.90. The second-order valence-electron chi connectivity index (χ2n) is 9.06. The van der Waals surface area contributed by atoms with E-state index in [2.05, 4.69) is 26.7 Å². The second-order valence-corrected chi connectivity index (χ2v) is 9.06. The number of benzene rings is 2.